The van der Waals surface area contributed by atoms with Crippen LogP contribution in [0.4, 0.5) is 0 Å². The zero-order valence-corrected chi connectivity index (χ0v) is 12.9. The average molecular weight is 292 g/mol. The Bertz CT molecular complexity index is 652. The van der Waals surface area contributed by atoms with Gasteiger partial charge in [-0.15, -0.1) is 11.3 Å². The van der Waals surface area contributed by atoms with E-state index in [1.54, 1.807) is 6.07 Å². The summed E-state index contributed by atoms with van der Waals surface area (Å²) in [6.45, 7) is 6.53. The number of carboxylic acid groups (broad SMARTS) is 1. The van der Waals surface area contributed by atoms with Crippen LogP contribution in [0, 0.1) is 11.8 Å². The fourth-order valence-electron chi connectivity index (χ4n) is 2.68. The smallest absolute Gasteiger partial charge is 0.345 e. The van der Waals surface area contributed by atoms with E-state index in [2.05, 4.69) is 25.5 Å². The van der Waals surface area contributed by atoms with E-state index >= 15 is 0 Å². The van der Waals surface area contributed by atoms with E-state index in [0.29, 0.717) is 22.8 Å². The lowest BCUT2D eigenvalue weighted by atomic mass is 10.1. The number of hydrogen-bond acceptors (Lipinski definition) is 3. The summed E-state index contributed by atoms with van der Waals surface area (Å²) in [5.41, 5.74) is 1.05. The van der Waals surface area contributed by atoms with E-state index in [-0.39, 0.29) is 0 Å². The van der Waals surface area contributed by atoms with E-state index in [1.165, 1.54) is 24.2 Å². The second-order valence-corrected chi connectivity index (χ2v) is 7.23. The van der Waals surface area contributed by atoms with Gasteiger partial charge in [0.2, 0.25) is 0 Å². The number of aromatic nitrogens is 2. The van der Waals surface area contributed by atoms with E-state index in [0.717, 1.165) is 22.3 Å². The molecule has 108 valence electrons. The van der Waals surface area contributed by atoms with Gasteiger partial charge in [-0.1, -0.05) is 13.8 Å². The minimum atomic E-state index is -0.840. The maximum absolute atomic E-state index is 11.2. The summed E-state index contributed by atoms with van der Waals surface area (Å²) < 4.78 is 2.07. The quantitative estimate of drug-likeness (QED) is 0.907. The Morgan fingerprint density at radius 2 is 2.20 bits per heavy atom. The van der Waals surface area contributed by atoms with Gasteiger partial charge >= 0.3 is 5.97 Å². The van der Waals surface area contributed by atoms with Crippen LogP contribution < -0.4 is 0 Å². The van der Waals surface area contributed by atoms with Crippen molar-refractivity contribution in [1.29, 1.82) is 0 Å². The van der Waals surface area contributed by atoms with Gasteiger partial charge in [-0.05, 0) is 44.1 Å². The molecule has 3 rings (SSSR count). The van der Waals surface area contributed by atoms with Crippen LogP contribution >= 0.6 is 11.3 Å². The van der Waals surface area contributed by atoms with Crippen molar-refractivity contribution >= 4 is 27.5 Å². The molecule has 1 fully saturated rings. The number of aromatic carboxylic acids is 1. The normalized spacial score (nSPS) is 17.0. The Kier molecular flexibility index (Phi) is 3.32. The van der Waals surface area contributed by atoms with Gasteiger partial charge in [0.25, 0.3) is 0 Å². The highest BCUT2D eigenvalue weighted by Crippen LogP contribution is 2.42. The second-order valence-electron chi connectivity index (χ2n) is 6.20. The molecule has 2 aromatic heterocycles. The Morgan fingerprint density at radius 1 is 1.50 bits per heavy atom. The molecule has 1 saturated carbocycles. The van der Waals surface area contributed by atoms with Gasteiger partial charge in [0, 0.05) is 5.39 Å². The zero-order valence-electron chi connectivity index (χ0n) is 12.1. The number of nitrogens with zero attached hydrogens (tertiary/aromatic N) is 2. The highest BCUT2D eigenvalue weighted by Gasteiger charge is 2.32. The first-order valence-corrected chi connectivity index (χ1v) is 8.03. The molecular formula is C15H20N2O2S. The van der Waals surface area contributed by atoms with Crippen molar-refractivity contribution in [2.75, 3.05) is 0 Å². The molecule has 0 aromatic carbocycles. The van der Waals surface area contributed by atoms with Gasteiger partial charge < -0.3 is 5.11 Å². The number of fused-ring (bicyclic) bond motifs is 1. The van der Waals surface area contributed by atoms with E-state index < -0.39 is 5.97 Å². The van der Waals surface area contributed by atoms with Crippen LogP contribution in [0.1, 0.15) is 55.0 Å². The first kappa shape index (κ1) is 13.6. The number of rotatable bonds is 5. The maximum atomic E-state index is 11.2. The van der Waals surface area contributed by atoms with Crippen LogP contribution in [0.3, 0.4) is 0 Å². The molecule has 0 amide bonds. The molecule has 1 aliphatic carbocycles. The molecular weight excluding hydrogens is 272 g/mol. The molecule has 20 heavy (non-hydrogen) atoms. The van der Waals surface area contributed by atoms with Crippen molar-refractivity contribution in [2.24, 2.45) is 11.8 Å². The van der Waals surface area contributed by atoms with Crippen molar-refractivity contribution in [1.82, 2.24) is 9.78 Å². The molecule has 1 aliphatic rings. The van der Waals surface area contributed by atoms with Gasteiger partial charge in [0.1, 0.15) is 9.71 Å². The summed E-state index contributed by atoms with van der Waals surface area (Å²) in [6, 6.07) is 2.17. The SMILES string of the molecule is CC(C)Cc1nn(C(C)C2CC2)c2sc(C(=O)O)cc12. The number of carbonyl (C=O) groups is 1. The Hall–Kier alpha value is -1.36. The topological polar surface area (TPSA) is 55.1 Å². The number of carboxylic acids is 1. The first-order chi connectivity index (χ1) is 9.47. The molecule has 1 N–H and O–H groups in total. The molecule has 1 unspecified atom stereocenters. The van der Waals surface area contributed by atoms with Gasteiger partial charge in [-0.2, -0.15) is 5.10 Å². The summed E-state index contributed by atoms with van der Waals surface area (Å²) in [5, 5.41) is 15.0. The molecule has 0 radical (unpaired) electrons. The second kappa shape index (κ2) is 4.88. The van der Waals surface area contributed by atoms with Crippen LogP contribution in [0.5, 0.6) is 0 Å². The molecule has 1 atom stereocenters. The van der Waals surface area contributed by atoms with Gasteiger partial charge in [-0.3, -0.25) is 4.68 Å². The lowest BCUT2D eigenvalue weighted by Gasteiger charge is -2.11. The Morgan fingerprint density at radius 3 is 2.75 bits per heavy atom. The third kappa shape index (κ3) is 2.35. The molecule has 2 aromatic rings. The summed E-state index contributed by atoms with van der Waals surface area (Å²) in [4.78, 5) is 12.7. The summed E-state index contributed by atoms with van der Waals surface area (Å²) in [7, 11) is 0. The van der Waals surface area contributed by atoms with Crippen molar-refractivity contribution in [3.05, 3.63) is 16.6 Å². The third-order valence-electron chi connectivity index (χ3n) is 3.96. The van der Waals surface area contributed by atoms with Crippen LogP contribution in [0.25, 0.3) is 10.2 Å². The monoisotopic (exact) mass is 292 g/mol. The first-order valence-electron chi connectivity index (χ1n) is 7.21. The molecule has 0 aliphatic heterocycles. The van der Waals surface area contributed by atoms with Crippen LogP contribution in [0.2, 0.25) is 0 Å². The minimum Gasteiger partial charge on any atom is -0.477 e. The van der Waals surface area contributed by atoms with Crippen LogP contribution in [-0.2, 0) is 6.42 Å². The summed E-state index contributed by atoms with van der Waals surface area (Å²) in [6.07, 6.45) is 3.43. The lowest BCUT2D eigenvalue weighted by molar-refractivity contribution is 0.0702. The fourth-order valence-corrected chi connectivity index (χ4v) is 3.74. The predicted molar refractivity (Wildman–Crippen MR) is 80.5 cm³/mol. The average Bonchev–Trinajstić information content (AvgIpc) is 3.03. The van der Waals surface area contributed by atoms with Crippen molar-refractivity contribution in [2.45, 2.75) is 46.1 Å². The molecule has 0 spiro atoms. The summed E-state index contributed by atoms with van der Waals surface area (Å²) >= 11 is 1.35. The zero-order chi connectivity index (χ0) is 14.4. The third-order valence-corrected chi connectivity index (χ3v) is 5.07. The Labute approximate surface area is 122 Å². The van der Waals surface area contributed by atoms with E-state index in [4.69, 9.17) is 5.10 Å². The van der Waals surface area contributed by atoms with Crippen molar-refractivity contribution in [3.8, 4) is 0 Å². The molecule has 5 heteroatoms. The highest BCUT2D eigenvalue weighted by atomic mass is 32.1. The molecule has 0 bridgehead atoms. The highest BCUT2D eigenvalue weighted by molar-refractivity contribution is 7.20. The minimum absolute atomic E-state index is 0.374. The molecule has 0 saturated heterocycles. The summed E-state index contributed by atoms with van der Waals surface area (Å²) in [5.74, 6) is 0.388. The lowest BCUT2D eigenvalue weighted by Crippen LogP contribution is -2.09. The van der Waals surface area contributed by atoms with Crippen molar-refractivity contribution < 1.29 is 9.90 Å². The number of thiophene rings is 1. The van der Waals surface area contributed by atoms with Gasteiger partial charge in [0.15, 0.2) is 0 Å². The number of hydrogen-bond donors (Lipinski definition) is 1. The van der Waals surface area contributed by atoms with Crippen LogP contribution in [-0.4, -0.2) is 20.9 Å². The van der Waals surface area contributed by atoms with Crippen LogP contribution in [0.15, 0.2) is 6.07 Å². The Balaban J connectivity index is 2.10. The maximum Gasteiger partial charge on any atom is 0.345 e. The fraction of sp³-hybridized carbons (Fsp3) is 0.600. The van der Waals surface area contributed by atoms with Gasteiger partial charge in [0.05, 0.1) is 11.7 Å². The predicted octanol–water partition coefficient (Wildman–Crippen LogP) is 3.97. The van der Waals surface area contributed by atoms with E-state index in [1.807, 2.05) is 0 Å². The largest absolute Gasteiger partial charge is 0.477 e. The van der Waals surface area contributed by atoms with E-state index in [9.17, 15) is 9.90 Å². The molecule has 2 heterocycles. The standard InChI is InChI=1S/C15H20N2O2S/c1-8(2)6-12-11-7-13(15(18)19)20-14(11)17(16-12)9(3)10-4-5-10/h7-10H,4-6H2,1-3H3,(H,18,19). The van der Waals surface area contributed by atoms with Crippen molar-refractivity contribution in [3.63, 3.8) is 0 Å². The molecule has 4 nitrogen and oxygen atoms in total. The van der Waals surface area contributed by atoms with Gasteiger partial charge in [-0.25, -0.2) is 4.79 Å².